The van der Waals surface area contributed by atoms with Gasteiger partial charge in [0.1, 0.15) is 5.76 Å². The molecule has 1 spiro atoms. The van der Waals surface area contributed by atoms with Gasteiger partial charge >= 0.3 is 5.97 Å². The molecule has 4 aliphatic rings. The van der Waals surface area contributed by atoms with Crippen LogP contribution in [0.25, 0.3) is 6.08 Å². The molecule has 2 aliphatic carbocycles. The Bertz CT molecular complexity index is 1040. The molecule has 176 valence electrons. The van der Waals surface area contributed by atoms with E-state index in [4.69, 9.17) is 15.2 Å². The van der Waals surface area contributed by atoms with Crippen molar-refractivity contribution in [3.63, 3.8) is 0 Å². The van der Waals surface area contributed by atoms with Gasteiger partial charge in [0.2, 0.25) is 5.95 Å². The number of aliphatic hydroxyl groups is 2. The van der Waals surface area contributed by atoms with Crippen LogP contribution in [0.15, 0.2) is 42.0 Å². The third kappa shape index (κ3) is 3.61. The van der Waals surface area contributed by atoms with Crippen LogP contribution in [0, 0.1) is 22.7 Å². The normalized spacial score (nSPS) is 41.3. The van der Waals surface area contributed by atoms with Crippen molar-refractivity contribution in [2.75, 3.05) is 18.9 Å². The molecule has 8 nitrogen and oxygen atoms in total. The molecule has 1 aromatic rings. The Morgan fingerprint density at radius 2 is 1.97 bits per heavy atom. The fourth-order valence-corrected chi connectivity index (χ4v) is 6.52. The lowest BCUT2D eigenvalue weighted by atomic mass is 9.45. The van der Waals surface area contributed by atoms with Crippen LogP contribution in [0.1, 0.15) is 45.1 Å². The highest BCUT2D eigenvalue weighted by atomic mass is 16.6. The van der Waals surface area contributed by atoms with E-state index in [9.17, 15) is 15.0 Å². The summed E-state index contributed by atoms with van der Waals surface area (Å²) in [4.78, 5) is 20.4. The van der Waals surface area contributed by atoms with Crippen molar-refractivity contribution in [1.82, 2.24) is 9.97 Å². The predicted octanol–water partition coefficient (Wildman–Crippen LogP) is 2.39. The van der Waals surface area contributed by atoms with Crippen LogP contribution in [-0.4, -0.2) is 51.1 Å². The van der Waals surface area contributed by atoms with Gasteiger partial charge in [-0.25, -0.2) is 14.8 Å². The molecule has 6 atom stereocenters. The lowest BCUT2D eigenvalue weighted by Gasteiger charge is -2.60. The Labute approximate surface area is 193 Å². The first-order valence-electron chi connectivity index (χ1n) is 11.5. The smallest absolute Gasteiger partial charge is 0.343 e. The van der Waals surface area contributed by atoms with Crippen LogP contribution in [-0.2, 0) is 14.3 Å². The standard InChI is InChI=1S/C25H31N3O5/c1-23-7-6-20(30)24(2,13-29)18(23)5-8-25(14-32-25)19(23)4-3-16-10-17(33-21(16)31)9-15-11-27-22(26)28-12-15/h3-4,9-12,18-20,29-30H,5-8,13-14H2,1-2H3,(H2,26,27,28)/b4-3+,17-9+/t18?,19?,20-,23-,24-,25?/m0/s1. The van der Waals surface area contributed by atoms with E-state index < -0.39 is 17.5 Å². The fraction of sp³-hybridized carbons (Fsp3) is 0.560. The molecular formula is C25H31N3O5. The lowest BCUT2D eigenvalue weighted by Crippen LogP contribution is -2.60. The first-order chi connectivity index (χ1) is 15.7. The van der Waals surface area contributed by atoms with Gasteiger partial charge in [0.15, 0.2) is 0 Å². The van der Waals surface area contributed by atoms with Crippen molar-refractivity contribution in [2.45, 2.75) is 51.2 Å². The molecule has 0 amide bonds. The molecule has 1 saturated heterocycles. The number of aromatic nitrogens is 2. The number of carbonyl (C=O) groups excluding carboxylic acids is 1. The van der Waals surface area contributed by atoms with Crippen LogP contribution in [0.2, 0.25) is 0 Å². The average molecular weight is 454 g/mol. The van der Waals surface area contributed by atoms with E-state index in [1.54, 1.807) is 24.5 Å². The molecule has 5 rings (SSSR count). The quantitative estimate of drug-likeness (QED) is 0.468. The predicted molar refractivity (Wildman–Crippen MR) is 121 cm³/mol. The Balaban J connectivity index is 1.43. The molecule has 4 N–H and O–H groups in total. The minimum Gasteiger partial charge on any atom is -0.423 e. The highest BCUT2D eigenvalue weighted by Gasteiger charge is 2.66. The molecule has 1 aromatic heterocycles. The van der Waals surface area contributed by atoms with Crippen molar-refractivity contribution in [1.29, 1.82) is 0 Å². The van der Waals surface area contributed by atoms with Crippen molar-refractivity contribution in [3.05, 3.63) is 47.5 Å². The van der Waals surface area contributed by atoms with Gasteiger partial charge in [0.25, 0.3) is 0 Å². The van der Waals surface area contributed by atoms with Crippen LogP contribution in [0.5, 0.6) is 0 Å². The van der Waals surface area contributed by atoms with Crippen molar-refractivity contribution in [2.24, 2.45) is 22.7 Å². The molecule has 0 aromatic carbocycles. The third-order valence-electron chi connectivity index (χ3n) is 8.51. The lowest BCUT2D eigenvalue weighted by molar-refractivity contribution is -0.167. The van der Waals surface area contributed by atoms with E-state index in [1.165, 1.54) is 0 Å². The molecule has 3 unspecified atom stereocenters. The fourth-order valence-electron chi connectivity index (χ4n) is 6.52. The minimum atomic E-state index is -0.543. The number of esters is 1. The number of hydrogen-bond acceptors (Lipinski definition) is 8. The first-order valence-corrected chi connectivity index (χ1v) is 11.5. The summed E-state index contributed by atoms with van der Waals surface area (Å²) in [5.74, 6) is 0.439. The number of carbonyl (C=O) groups is 1. The summed E-state index contributed by atoms with van der Waals surface area (Å²) in [5, 5.41) is 20.9. The van der Waals surface area contributed by atoms with E-state index in [0.717, 1.165) is 19.3 Å². The minimum absolute atomic E-state index is 0.0425. The number of epoxide rings is 1. The third-order valence-corrected chi connectivity index (χ3v) is 8.51. The summed E-state index contributed by atoms with van der Waals surface area (Å²) in [6, 6.07) is 0. The van der Waals surface area contributed by atoms with Gasteiger partial charge < -0.3 is 25.4 Å². The van der Waals surface area contributed by atoms with Crippen LogP contribution in [0.3, 0.4) is 0 Å². The number of nitrogens with zero attached hydrogens (tertiary/aromatic N) is 2. The van der Waals surface area contributed by atoms with Gasteiger partial charge in [0, 0.05) is 29.3 Å². The summed E-state index contributed by atoms with van der Waals surface area (Å²) >= 11 is 0. The van der Waals surface area contributed by atoms with Crippen LogP contribution < -0.4 is 5.73 Å². The Kier molecular flexibility index (Phi) is 5.23. The number of anilines is 1. The van der Waals surface area contributed by atoms with E-state index in [-0.39, 0.29) is 35.4 Å². The zero-order valence-corrected chi connectivity index (χ0v) is 19.0. The largest absolute Gasteiger partial charge is 0.423 e. The monoisotopic (exact) mass is 453 g/mol. The Hall–Kier alpha value is -2.55. The highest BCUT2D eigenvalue weighted by molar-refractivity contribution is 5.96. The van der Waals surface area contributed by atoms with Gasteiger partial charge in [-0.2, -0.15) is 0 Å². The number of aliphatic hydroxyl groups excluding tert-OH is 2. The topological polar surface area (TPSA) is 131 Å². The van der Waals surface area contributed by atoms with E-state index >= 15 is 0 Å². The summed E-state index contributed by atoms with van der Waals surface area (Å²) in [6.07, 6.45) is 13.2. The molecule has 2 aliphatic heterocycles. The number of nitrogen functional groups attached to an aromatic ring is 1. The molecule has 2 saturated carbocycles. The van der Waals surface area contributed by atoms with Gasteiger partial charge in [-0.15, -0.1) is 0 Å². The van der Waals surface area contributed by atoms with Crippen molar-refractivity contribution >= 4 is 18.0 Å². The van der Waals surface area contributed by atoms with E-state index in [0.29, 0.717) is 29.9 Å². The van der Waals surface area contributed by atoms with Gasteiger partial charge in [-0.3, -0.25) is 0 Å². The Morgan fingerprint density at radius 1 is 1.24 bits per heavy atom. The molecule has 8 heteroatoms. The maximum atomic E-state index is 12.5. The number of fused-ring (bicyclic) bond motifs is 1. The van der Waals surface area contributed by atoms with Crippen LogP contribution in [0.4, 0.5) is 5.95 Å². The van der Waals surface area contributed by atoms with Gasteiger partial charge in [-0.1, -0.05) is 26.0 Å². The average Bonchev–Trinajstić information content (AvgIpc) is 3.47. The van der Waals surface area contributed by atoms with E-state index in [1.807, 2.05) is 13.0 Å². The second kappa shape index (κ2) is 7.75. The van der Waals surface area contributed by atoms with E-state index in [2.05, 4.69) is 23.0 Å². The van der Waals surface area contributed by atoms with Gasteiger partial charge in [0.05, 0.1) is 30.5 Å². The number of hydrogen-bond donors (Lipinski definition) is 3. The number of cyclic esters (lactones) is 1. The van der Waals surface area contributed by atoms with Crippen molar-refractivity contribution in [3.8, 4) is 0 Å². The molecule has 0 radical (unpaired) electrons. The zero-order valence-electron chi connectivity index (χ0n) is 19.0. The SMILES string of the molecule is C[C@]12CC[C@H](O)[C@@](C)(CO)C1CCC1(CO1)C2/C=C/C1=CC(=C\c2cnc(N)nc2)/OC1=O. The Morgan fingerprint density at radius 3 is 2.64 bits per heavy atom. The number of ether oxygens (including phenoxy) is 2. The molecule has 3 fully saturated rings. The summed E-state index contributed by atoms with van der Waals surface area (Å²) in [5.41, 5.74) is 5.77. The molecular weight excluding hydrogens is 422 g/mol. The number of allylic oxidation sites excluding steroid dienone is 1. The zero-order chi connectivity index (χ0) is 23.4. The number of nitrogens with two attached hydrogens (primary N) is 1. The number of rotatable bonds is 4. The molecule has 0 bridgehead atoms. The van der Waals surface area contributed by atoms with Crippen LogP contribution >= 0.6 is 0 Å². The maximum Gasteiger partial charge on any atom is 0.343 e. The summed E-state index contributed by atoms with van der Waals surface area (Å²) in [6.45, 7) is 4.91. The second-order valence-corrected chi connectivity index (χ2v) is 10.4. The molecule has 33 heavy (non-hydrogen) atoms. The highest BCUT2D eigenvalue weighted by Crippen LogP contribution is 2.65. The molecule has 3 heterocycles. The maximum absolute atomic E-state index is 12.5. The van der Waals surface area contributed by atoms with Gasteiger partial charge in [-0.05, 0) is 49.2 Å². The first kappa shape index (κ1) is 22.3. The van der Waals surface area contributed by atoms with Crippen molar-refractivity contribution < 1.29 is 24.5 Å². The second-order valence-electron chi connectivity index (χ2n) is 10.4. The summed E-state index contributed by atoms with van der Waals surface area (Å²) < 4.78 is 11.4. The summed E-state index contributed by atoms with van der Waals surface area (Å²) in [7, 11) is 0.